The Hall–Kier alpha value is -1.43. The number of hydrogen-bond acceptors (Lipinski definition) is 2. The second-order valence-corrected chi connectivity index (χ2v) is 4.54. The standard InChI is InChI=1S/C13H16ClF3N2O/c1-3-19(4-2)12(20)8-18-11-6-5-9(14)7-10(11)13(15,16)17/h5-7,18H,3-4,8H2,1-2H3. The Kier molecular flexibility index (Phi) is 5.68. The smallest absolute Gasteiger partial charge is 0.376 e. The van der Waals surface area contributed by atoms with Gasteiger partial charge in [-0.05, 0) is 32.0 Å². The first-order valence-electron chi connectivity index (χ1n) is 6.18. The molecule has 1 amide bonds. The predicted molar refractivity (Wildman–Crippen MR) is 72.9 cm³/mol. The topological polar surface area (TPSA) is 32.3 Å². The Morgan fingerprint density at radius 1 is 1.30 bits per heavy atom. The molecule has 0 fully saturated rings. The highest BCUT2D eigenvalue weighted by atomic mass is 35.5. The Bertz CT molecular complexity index is 473. The van der Waals surface area contributed by atoms with E-state index >= 15 is 0 Å². The van der Waals surface area contributed by atoms with Crippen LogP contribution in [0.4, 0.5) is 18.9 Å². The van der Waals surface area contributed by atoms with Gasteiger partial charge in [0, 0.05) is 23.8 Å². The molecule has 1 aromatic carbocycles. The Labute approximate surface area is 120 Å². The number of benzene rings is 1. The largest absolute Gasteiger partial charge is 0.418 e. The van der Waals surface area contributed by atoms with Crippen molar-refractivity contribution >= 4 is 23.2 Å². The monoisotopic (exact) mass is 308 g/mol. The van der Waals surface area contributed by atoms with Gasteiger partial charge >= 0.3 is 6.18 Å². The number of carbonyl (C=O) groups excluding carboxylic acids is 1. The van der Waals surface area contributed by atoms with Crippen molar-refractivity contribution in [1.82, 2.24) is 4.90 Å². The lowest BCUT2D eigenvalue weighted by Gasteiger charge is -2.20. The van der Waals surface area contributed by atoms with Gasteiger partial charge in [-0.25, -0.2) is 0 Å². The van der Waals surface area contributed by atoms with E-state index in [-0.39, 0.29) is 23.2 Å². The van der Waals surface area contributed by atoms with E-state index < -0.39 is 11.7 Å². The predicted octanol–water partition coefficient (Wildman–Crippen LogP) is 3.64. The van der Waals surface area contributed by atoms with E-state index in [1.807, 2.05) is 13.8 Å². The van der Waals surface area contributed by atoms with Crippen LogP contribution < -0.4 is 5.32 Å². The van der Waals surface area contributed by atoms with Crippen LogP contribution in [0.2, 0.25) is 5.02 Å². The third-order valence-corrected chi connectivity index (χ3v) is 3.07. The highest BCUT2D eigenvalue weighted by Crippen LogP contribution is 2.36. The molecule has 0 aliphatic heterocycles. The third kappa shape index (κ3) is 4.30. The molecular formula is C13H16ClF3N2O. The highest BCUT2D eigenvalue weighted by molar-refractivity contribution is 6.30. The molecule has 1 rings (SSSR count). The average Bonchev–Trinajstić information content (AvgIpc) is 2.37. The average molecular weight is 309 g/mol. The highest BCUT2D eigenvalue weighted by Gasteiger charge is 2.33. The summed E-state index contributed by atoms with van der Waals surface area (Å²) in [7, 11) is 0. The lowest BCUT2D eigenvalue weighted by atomic mass is 10.1. The zero-order valence-electron chi connectivity index (χ0n) is 11.2. The second-order valence-electron chi connectivity index (χ2n) is 4.11. The second kappa shape index (κ2) is 6.83. The van der Waals surface area contributed by atoms with Crippen LogP contribution in [0, 0.1) is 0 Å². The Morgan fingerprint density at radius 3 is 2.40 bits per heavy atom. The van der Waals surface area contributed by atoms with Gasteiger partial charge in [0.1, 0.15) is 0 Å². The van der Waals surface area contributed by atoms with Crippen LogP contribution in [0.15, 0.2) is 18.2 Å². The maximum atomic E-state index is 12.8. The van der Waals surface area contributed by atoms with Gasteiger partial charge in [0.25, 0.3) is 0 Å². The summed E-state index contributed by atoms with van der Waals surface area (Å²) in [6.07, 6.45) is -4.52. The van der Waals surface area contributed by atoms with Gasteiger partial charge in [0.2, 0.25) is 5.91 Å². The molecule has 0 radical (unpaired) electrons. The van der Waals surface area contributed by atoms with E-state index in [1.165, 1.54) is 17.0 Å². The number of halogens is 4. The Morgan fingerprint density at radius 2 is 1.90 bits per heavy atom. The zero-order chi connectivity index (χ0) is 15.3. The first kappa shape index (κ1) is 16.6. The molecule has 0 spiro atoms. The molecule has 7 heteroatoms. The van der Waals surface area contributed by atoms with Crippen molar-refractivity contribution in [1.29, 1.82) is 0 Å². The number of nitrogens with one attached hydrogen (secondary N) is 1. The van der Waals surface area contributed by atoms with Gasteiger partial charge in [-0.1, -0.05) is 11.6 Å². The molecule has 0 atom stereocenters. The lowest BCUT2D eigenvalue weighted by Crippen LogP contribution is -2.35. The molecule has 0 aromatic heterocycles. The van der Waals surface area contributed by atoms with E-state index in [4.69, 9.17) is 11.6 Å². The summed E-state index contributed by atoms with van der Waals surface area (Å²) in [5, 5.41) is 2.52. The van der Waals surface area contributed by atoms with Gasteiger partial charge in [-0.15, -0.1) is 0 Å². The fourth-order valence-corrected chi connectivity index (χ4v) is 1.94. The summed E-state index contributed by atoms with van der Waals surface area (Å²) in [5.41, 5.74) is -1.03. The van der Waals surface area contributed by atoms with Gasteiger partial charge < -0.3 is 10.2 Å². The minimum absolute atomic E-state index is 0.00190. The van der Waals surface area contributed by atoms with Crippen LogP contribution in [0.3, 0.4) is 0 Å². The summed E-state index contributed by atoms with van der Waals surface area (Å²) in [6.45, 7) is 4.47. The quantitative estimate of drug-likeness (QED) is 0.900. The molecular weight excluding hydrogens is 293 g/mol. The van der Waals surface area contributed by atoms with Crippen molar-refractivity contribution in [2.24, 2.45) is 0 Å². The van der Waals surface area contributed by atoms with Crippen molar-refractivity contribution in [3.05, 3.63) is 28.8 Å². The number of nitrogens with zero attached hydrogens (tertiary/aromatic N) is 1. The van der Waals surface area contributed by atoms with E-state index in [9.17, 15) is 18.0 Å². The first-order chi connectivity index (χ1) is 9.29. The van der Waals surface area contributed by atoms with Gasteiger partial charge in [0.15, 0.2) is 0 Å². The first-order valence-corrected chi connectivity index (χ1v) is 6.55. The summed E-state index contributed by atoms with van der Waals surface area (Å²) in [4.78, 5) is 13.3. The van der Waals surface area contributed by atoms with Crippen molar-refractivity contribution in [2.75, 3.05) is 25.0 Å². The third-order valence-electron chi connectivity index (χ3n) is 2.83. The molecule has 0 aliphatic carbocycles. The van der Waals surface area contributed by atoms with E-state index in [0.717, 1.165) is 6.07 Å². The molecule has 3 nitrogen and oxygen atoms in total. The summed E-state index contributed by atoms with van der Waals surface area (Å²) >= 11 is 5.58. The number of anilines is 1. The van der Waals surface area contributed by atoms with Crippen LogP contribution in [0.5, 0.6) is 0 Å². The number of alkyl halides is 3. The number of carbonyl (C=O) groups is 1. The van der Waals surface area contributed by atoms with Gasteiger partial charge in [-0.2, -0.15) is 13.2 Å². The normalized spacial score (nSPS) is 11.3. The van der Waals surface area contributed by atoms with Crippen molar-refractivity contribution < 1.29 is 18.0 Å². The zero-order valence-corrected chi connectivity index (χ0v) is 12.0. The fourth-order valence-electron chi connectivity index (χ4n) is 1.76. The summed E-state index contributed by atoms with van der Waals surface area (Å²) in [5.74, 6) is -0.252. The fraction of sp³-hybridized carbons (Fsp3) is 0.462. The number of amides is 1. The molecule has 0 heterocycles. The molecule has 0 saturated carbocycles. The van der Waals surface area contributed by atoms with Crippen molar-refractivity contribution in [2.45, 2.75) is 20.0 Å². The minimum atomic E-state index is -4.52. The Balaban J connectivity index is 2.86. The van der Waals surface area contributed by atoms with Crippen LogP contribution in [0.1, 0.15) is 19.4 Å². The molecule has 0 bridgehead atoms. The molecule has 1 aromatic rings. The number of rotatable bonds is 5. The SMILES string of the molecule is CCN(CC)C(=O)CNc1ccc(Cl)cc1C(F)(F)F. The van der Waals surface area contributed by atoms with E-state index in [0.29, 0.717) is 13.1 Å². The van der Waals surface area contributed by atoms with E-state index in [2.05, 4.69) is 5.32 Å². The van der Waals surface area contributed by atoms with Crippen LogP contribution >= 0.6 is 11.6 Å². The van der Waals surface area contributed by atoms with Gasteiger partial charge in [-0.3, -0.25) is 4.79 Å². The summed E-state index contributed by atoms with van der Waals surface area (Å²) < 4.78 is 38.5. The van der Waals surface area contributed by atoms with Crippen molar-refractivity contribution in [3.8, 4) is 0 Å². The molecule has 0 saturated heterocycles. The number of likely N-dealkylation sites (N-methyl/N-ethyl adjacent to an activating group) is 1. The summed E-state index contributed by atoms with van der Waals surface area (Å²) in [6, 6.07) is 3.41. The molecule has 1 N–H and O–H groups in total. The van der Waals surface area contributed by atoms with Crippen LogP contribution in [-0.2, 0) is 11.0 Å². The molecule has 0 unspecified atom stereocenters. The number of hydrogen-bond donors (Lipinski definition) is 1. The van der Waals surface area contributed by atoms with E-state index in [1.54, 1.807) is 0 Å². The lowest BCUT2D eigenvalue weighted by molar-refractivity contribution is -0.137. The minimum Gasteiger partial charge on any atom is -0.376 e. The maximum absolute atomic E-state index is 12.8. The van der Waals surface area contributed by atoms with Crippen molar-refractivity contribution in [3.63, 3.8) is 0 Å². The van der Waals surface area contributed by atoms with Crippen LogP contribution in [0.25, 0.3) is 0 Å². The molecule has 20 heavy (non-hydrogen) atoms. The van der Waals surface area contributed by atoms with Gasteiger partial charge in [0.05, 0.1) is 12.1 Å². The maximum Gasteiger partial charge on any atom is 0.418 e. The molecule has 0 aliphatic rings. The molecule has 112 valence electrons. The van der Waals surface area contributed by atoms with Crippen LogP contribution in [-0.4, -0.2) is 30.4 Å².